The van der Waals surface area contributed by atoms with Gasteiger partial charge >= 0.3 is 7.12 Å². The van der Waals surface area contributed by atoms with E-state index in [-0.39, 0.29) is 25.1 Å². The smallest absolute Gasteiger partial charge is 0.404 e. The summed E-state index contributed by atoms with van der Waals surface area (Å²) in [5, 5.41) is 4.42. The van der Waals surface area contributed by atoms with Crippen LogP contribution in [0.5, 0.6) is 0 Å². The van der Waals surface area contributed by atoms with E-state index >= 15 is 0 Å². The minimum atomic E-state index is -0.359. The molecule has 110 valence electrons. The van der Waals surface area contributed by atoms with Crippen LogP contribution in [-0.2, 0) is 14.0 Å². The maximum Gasteiger partial charge on any atom is 0.513 e. The summed E-state index contributed by atoms with van der Waals surface area (Å²) >= 11 is 0. The van der Waals surface area contributed by atoms with Gasteiger partial charge in [0.1, 0.15) is 6.23 Å². The van der Waals surface area contributed by atoms with E-state index in [4.69, 9.17) is 14.0 Å². The zero-order valence-electron chi connectivity index (χ0n) is 12.5. The highest BCUT2D eigenvalue weighted by Gasteiger charge is 2.40. The van der Waals surface area contributed by atoms with Crippen molar-refractivity contribution < 1.29 is 14.0 Å². The number of ether oxygens (including phenoxy) is 1. The number of hydrogen-bond acceptors (Lipinski definition) is 4. The highest BCUT2D eigenvalue weighted by molar-refractivity contribution is 6.60. The van der Waals surface area contributed by atoms with Crippen LogP contribution in [0.3, 0.4) is 0 Å². The molecular weight excluding hydrogens is 255 g/mol. The van der Waals surface area contributed by atoms with E-state index in [2.05, 4.69) is 25.9 Å². The monoisotopic (exact) mass is 278 g/mol. The molecule has 2 fully saturated rings. The van der Waals surface area contributed by atoms with Crippen molar-refractivity contribution in [3.05, 3.63) is 12.3 Å². The van der Waals surface area contributed by atoms with Crippen LogP contribution in [0.25, 0.3) is 0 Å². The third-order valence-electron chi connectivity index (χ3n) is 3.93. The molecule has 0 saturated carbocycles. The summed E-state index contributed by atoms with van der Waals surface area (Å²) in [6.07, 6.45) is 6.21. The van der Waals surface area contributed by atoms with Crippen LogP contribution in [0.1, 0.15) is 52.7 Å². The Hall–Kier alpha value is -0.845. The van der Waals surface area contributed by atoms with Crippen molar-refractivity contribution in [1.29, 1.82) is 0 Å². The Bertz CT molecular complexity index is 457. The maximum absolute atomic E-state index is 6.08. The van der Waals surface area contributed by atoms with E-state index in [1.807, 2.05) is 10.7 Å². The van der Waals surface area contributed by atoms with Crippen molar-refractivity contribution >= 4 is 12.7 Å². The molecule has 0 bridgehead atoms. The summed E-state index contributed by atoms with van der Waals surface area (Å²) < 4.78 is 19.8. The van der Waals surface area contributed by atoms with Gasteiger partial charge in [-0.05, 0) is 52.5 Å². The minimum Gasteiger partial charge on any atom is -0.404 e. The molecule has 2 aliphatic heterocycles. The first kappa shape index (κ1) is 14.1. The van der Waals surface area contributed by atoms with E-state index < -0.39 is 0 Å². The minimum absolute atomic E-state index is 0.0151. The second kappa shape index (κ2) is 5.50. The van der Waals surface area contributed by atoms with Gasteiger partial charge < -0.3 is 14.0 Å². The molecule has 2 atom stereocenters. The highest BCUT2D eigenvalue weighted by Crippen LogP contribution is 2.27. The Morgan fingerprint density at radius 2 is 2.25 bits per heavy atom. The normalized spacial score (nSPS) is 30.4. The zero-order valence-corrected chi connectivity index (χ0v) is 12.5. The molecule has 2 unspecified atom stereocenters. The van der Waals surface area contributed by atoms with Gasteiger partial charge in [0.2, 0.25) is 0 Å². The average molecular weight is 278 g/mol. The molecule has 20 heavy (non-hydrogen) atoms. The summed E-state index contributed by atoms with van der Waals surface area (Å²) in [5.74, 6) is 0. The number of rotatable bonds is 2. The highest BCUT2D eigenvalue weighted by atomic mass is 16.6. The predicted octanol–water partition coefficient (Wildman–Crippen LogP) is 1.88. The van der Waals surface area contributed by atoms with Crippen molar-refractivity contribution in [3.63, 3.8) is 0 Å². The van der Waals surface area contributed by atoms with Crippen LogP contribution in [0.2, 0.25) is 0 Å². The van der Waals surface area contributed by atoms with E-state index in [9.17, 15) is 0 Å². The van der Waals surface area contributed by atoms with Crippen LogP contribution in [-0.4, -0.2) is 35.2 Å². The van der Waals surface area contributed by atoms with Crippen molar-refractivity contribution in [1.82, 2.24) is 9.78 Å². The fraction of sp³-hybridized carbons (Fsp3) is 0.786. The van der Waals surface area contributed by atoms with Gasteiger partial charge in [-0.2, -0.15) is 5.10 Å². The summed E-state index contributed by atoms with van der Waals surface area (Å²) in [6, 6.07) is 1.97. The van der Waals surface area contributed by atoms with Crippen LogP contribution in [0.15, 0.2) is 12.3 Å². The average Bonchev–Trinajstić information content (AvgIpc) is 2.86. The fourth-order valence-corrected chi connectivity index (χ4v) is 3.12. The Morgan fingerprint density at radius 3 is 2.95 bits per heavy atom. The van der Waals surface area contributed by atoms with Crippen LogP contribution >= 0.6 is 0 Å². The lowest BCUT2D eigenvalue weighted by atomic mass is 9.79. The third-order valence-corrected chi connectivity index (χ3v) is 3.93. The molecule has 0 aromatic carbocycles. The molecule has 3 rings (SSSR count). The predicted molar refractivity (Wildman–Crippen MR) is 76.8 cm³/mol. The fourth-order valence-electron chi connectivity index (χ4n) is 3.12. The van der Waals surface area contributed by atoms with Gasteiger partial charge in [-0.25, -0.2) is 4.68 Å². The SMILES string of the molecule is CC1CC(C)(C)OB(c2ccnn2C2CCCCO2)O1. The van der Waals surface area contributed by atoms with E-state index in [1.165, 1.54) is 6.42 Å². The van der Waals surface area contributed by atoms with Crippen molar-refractivity contribution in [2.75, 3.05) is 6.61 Å². The van der Waals surface area contributed by atoms with E-state index in [1.54, 1.807) is 6.20 Å². The lowest BCUT2D eigenvalue weighted by Gasteiger charge is -2.38. The molecule has 1 aromatic heterocycles. The van der Waals surface area contributed by atoms with Crippen molar-refractivity contribution in [2.24, 2.45) is 0 Å². The standard InChI is InChI=1S/C14H23BN2O3/c1-11-10-14(2,3)20-15(19-11)12-7-8-16-17(12)13-6-4-5-9-18-13/h7-8,11,13H,4-6,9-10H2,1-3H3. The maximum atomic E-state index is 6.08. The number of nitrogens with zero attached hydrogens (tertiary/aromatic N) is 2. The van der Waals surface area contributed by atoms with Gasteiger partial charge in [0.25, 0.3) is 0 Å². The third kappa shape index (κ3) is 2.92. The number of hydrogen-bond donors (Lipinski definition) is 0. The first-order valence-electron chi connectivity index (χ1n) is 7.53. The Balaban J connectivity index is 1.81. The van der Waals surface area contributed by atoms with Gasteiger partial charge in [-0.3, -0.25) is 0 Å². The van der Waals surface area contributed by atoms with Gasteiger partial charge in [0.15, 0.2) is 0 Å². The molecule has 0 N–H and O–H groups in total. The lowest BCUT2D eigenvalue weighted by Crippen LogP contribution is -2.54. The van der Waals surface area contributed by atoms with Gasteiger partial charge in [0.05, 0.1) is 11.2 Å². The van der Waals surface area contributed by atoms with Crippen molar-refractivity contribution in [3.8, 4) is 0 Å². The molecule has 3 heterocycles. The lowest BCUT2D eigenvalue weighted by molar-refractivity contribution is -0.0427. The van der Waals surface area contributed by atoms with E-state index in [0.29, 0.717) is 0 Å². The Morgan fingerprint density at radius 1 is 1.40 bits per heavy atom. The Kier molecular flexibility index (Phi) is 3.88. The zero-order chi connectivity index (χ0) is 14.2. The topological polar surface area (TPSA) is 45.5 Å². The van der Waals surface area contributed by atoms with Gasteiger partial charge in [-0.15, -0.1) is 0 Å². The first-order valence-corrected chi connectivity index (χ1v) is 7.53. The van der Waals surface area contributed by atoms with Gasteiger partial charge in [-0.1, -0.05) is 0 Å². The van der Waals surface area contributed by atoms with Crippen LogP contribution < -0.4 is 5.59 Å². The molecule has 6 heteroatoms. The van der Waals surface area contributed by atoms with Crippen LogP contribution in [0, 0.1) is 0 Å². The van der Waals surface area contributed by atoms with Crippen molar-refractivity contribution in [2.45, 2.75) is 64.4 Å². The first-order chi connectivity index (χ1) is 9.55. The second-order valence-corrected chi connectivity index (χ2v) is 6.38. The molecule has 2 aliphatic rings. The molecular formula is C14H23BN2O3. The molecule has 0 spiro atoms. The van der Waals surface area contributed by atoms with Gasteiger partial charge in [0, 0.05) is 18.9 Å². The summed E-state index contributed by atoms with van der Waals surface area (Å²) in [6.45, 7) is 7.11. The number of aromatic nitrogens is 2. The van der Waals surface area contributed by atoms with E-state index in [0.717, 1.165) is 31.5 Å². The molecule has 1 aromatic rings. The molecule has 0 aliphatic carbocycles. The summed E-state index contributed by atoms with van der Waals surface area (Å²) in [4.78, 5) is 0. The molecule has 0 amide bonds. The second-order valence-electron chi connectivity index (χ2n) is 6.38. The molecule has 0 radical (unpaired) electrons. The molecule has 5 nitrogen and oxygen atoms in total. The quantitative estimate of drug-likeness (QED) is 0.775. The molecule has 2 saturated heterocycles. The Labute approximate surface area is 120 Å². The summed E-state index contributed by atoms with van der Waals surface area (Å²) in [7, 11) is -0.359. The van der Waals surface area contributed by atoms with Crippen LogP contribution in [0.4, 0.5) is 0 Å². The summed E-state index contributed by atoms with van der Waals surface area (Å²) in [5.41, 5.74) is 0.779. The largest absolute Gasteiger partial charge is 0.513 e.